The van der Waals surface area contributed by atoms with Gasteiger partial charge in [0.15, 0.2) is 0 Å². The normalized spacial score (nSPS) is 13.2. The summed E-state index contributed by atoms with van der Waals surface area (Å²) in [5.41, 5.74) is 6.81. The second-order valence-electron chi connectivity index (χ2n) is 5.84. The summed E-state index contributed by atoms with van der Waals surface area (Å²) < 4.78 is 10.9. The van der Waals surface area contributed by atoms with Crippen LogP contribution in [0, 0.1) is 6.92 Å². The summed E-state index contributed by atoms with van der Waals surface area (Å²) in [4.78, 5) is 9.47. The van der Waals surface area contributed by atoms with Crippen molar-refractivity contribution in [1.82, 2.24) is 23.3 Å². The van der Waals surface area contributed by atoms with Crippen LogP contribution in [0.1, 0.15) is 5.69 Å². The highest BCUT2D eigenvalue weighted by Crippen LogP contribution is 2.36. The van der Waals surface area contributed by atoms with Crippen molar-refractivity contribution >= 4 is 28.7 Å². The van der Waals surface area contributed by atoms with Gasteiger partial charge in [0.25, 0.3) is 0 Å². The van der Waals surface area contributed by atoms with Crippen LogP contribution >= 0.6 is 11.7 Å². The lowest BCUT2D eigenvalue weighted by atomic mass is 10.1. The van der Waals surface area contributed by atoms with Gasteiger partial charge in [-0.3, -0.25) is 4.98 Å². The van der Waals surface area contributed by atoms with Crippen molar-refractivity contribution in [2.45, 2.75) is 13.5 Å². The summed E-state index contributed by atoms with van der Waals surface area (Å²) in [6.07, 6.45) is 0. The van der Waals surface area contributed by atoms with Gasteiger partial charge in [-0.25, -0.2) is 4.98 Å². The molecule has 4 heterocycles. The van der Waals surface area contributed by atoms with E-state index in [0.29, 0.717) is 0 Å². The number of hydrogen-bond acceptors (Lipinski definition) is 6. The zero-order valence-electron chi connectivity index (χ0n) is 13.0. The van der Waals surface area contributed by atoms with Crippen LogP contribution in [0.3, 0.4) is 0 Å². The van der Waals surface area contributed by atoms with Gasteiger partial charge in [-0.2, -0.15) is 8.75 Å². The van der Waals surface area contributed by atoms with E-state index in [1.54, 1.807) is 0 Å². The van der Waals surface area contributed by atoms with Gasteiger partial charge in [0, 0.05) is 24.3 Å². The highest BCUT2D eigenvalue weighted by molar-refractivity contribution is 7.00. The Labute approximate surface area is 142 Å². The van der Waals surface area contributed by atoms with Gasteiger partial charge in [0.05, 0.1) is 23.1 Å². The summed E-state index contributed by atoms with van der Waals surface area (Å²) in [5, 5.41) is 3.35. The second kappa shape index (κ2) is 5.10. The van der Waals surface area contributed by atoms with Crippen molar-refractivity contribution in [3.8, 4) is 22.6 Å². The van der Waals surface area contributed by atoms with E-state index in [1.807, 2.05) is 31.2 Å². The molecule has 7 heteroatoms. The van der Waals surface area contributed by atoms with Crippen molar-refractivity contribution in [3.63, 3.8) is 0 Å². The van der Waals surface area contributed by atoms with Crippen LogP contribution in [0.5, 0.6) is 0 Å². The molecule has 0 amide bonds. The number of nitrogens with one attached hydrogen (secondary N) is 1. The summed E-state index contributed by atoms with van der Waals surface area (Å²) in [6.45, 7) is 3.80. The molecular formula is C17H14N6S. The predicted molar refractivity (Wildman–Crippen MR) is 95.1 cm³/mol. The maximum atomic E-state index is 4.80. The second-order valence-corrected chi connectivity index (χ2v) is 6.37. The van der Waals surface area contributed by atoms with E-state index < -0.39 is 0 Å². The summed E-state index contributed by atoms with van der Waals surface area (Å²) in [7, 11) is 0. The molecule has 1 aromatic carbocycles. The summed E-state index contributed by atoms with van der Waals surface area (Å²) in [5.74, 6) is 0.903. The number of aromatic nitrogens is 5. The third-order valence-corrected chi connectivity index (χ3v) is 4.80. The van der Waals surface area contributed by atoms with Gasteiger partial charge >= 0.3 is 0 Å². The quantitative estimate of drug-likeness (QED) is 0.609. The van der Waals surface area contributed by atoms with E-state index in [4.69, 9.17) is 4.98 Å². The molecule has 0 saturated carbocycles. The molecule has 118 valence electrons. The van der Waals surface area contributed by atoms with Crippen molar-refractivity contribution in [1.29, 1.82) is 0 Å². The van der Waals surface area contributed by atoms with Gasteiger partial charge in [0.2, 0.25) is 5.95 Å². The first-order valence-corrected chi connectivity index (χ1v) is 8.54. The Kier molecular flexibility index (Phi) is 2.90. The average Bonchev–Trinajstić information content (AvgIpc) is 3.29. The zero-order valence-corrected chi connectivity index (χ0v) is 13.8. The molecule has 0 fully saturated rings. The largest absolute Gasteiger partial charge is 0.354 e. The molecule has 3 aromatic heterocycles. The highest BCUT2D eigenvalue weighted by atomic mass is 32.1. The Morgan fingerprint density at radius 3 is 2.92 bits per heavy atom. The Morgan fingerprint density at radius 1 is 1.08 bits per heavy atom. The topological polar surface area (TPSA) is 68.5 Å². The van der Waals surface area contributed by atoms with E-state index in [1.165, 1.54) is 11.7 Å². The smallest absolute Gasteiger partial charge is 0.204 e. The van der Waals surface area contributed by atoms with E-state index >= 15 is 0 Å². The number of benzene rings is 1. The minimum Gasteiger partial charge on any atom is -0.354 e. The Bertz CT molecular complexity index is 1060. The Hall–Kier alpha value is -2.80. The number of pyridine rings is 1. The minimum atomic E-state index is 0.894. The molecule has 0 spiro atoms. The van der Waals surface area contributed by atoms with Crippen LogP contribution in [0.4, 0.5) is 5.95 Å². The van der Waals surface area contributed by atoms with E-state index in [-0.39, 0.29) is 0 Å². The Balaban J connectivity index is 1.77. The molecule has 24 heavy (non-hydrogen) atoms. The first-order chi connectivity index (χ1) is 11.8. The molecule has 6 nitrogen and oxygen atoms in total. The number of hydrogen-bond donors (Lipinski definition) is 1. The van der Waals surface area contributed by atoms with Crippen LogP contribution in [-0.4, -0.2) is 29.8 Å². The maximum absolute atomic E-state index is 4.80. The van der Waals surface area contributed by atoms with Crippen LogP contribution < -0.4 is 5.32 Å². The molecule has 4 aromatic rings. The lowest BCUT2D eigenvalue weighted by Gasteiger charge is -2.08. The van der Waals surface area contributed by atoms with E-state index in [0.717, 1.165) is 58.4 Å². The molecule has 1 aliphatic heterocycles. The Morgan fingerprint density at radius 2 is 2.00 bits per heavy atom. The van der Waals surface area contributed by atoms with Crippen molar-refractivity contribution in [3.05, 3.63) is 42.1 Å². The van der Waals surface area contributed by atoms with Crippen LogP contribution in [0.2, 0.25) is 0 Å². The number of rotatable bonds is 2. The van der Waals surface area contributed by atoms with Gasteiger partial charge < -0.3 is 9.88 Å². The fourth-order valence-electron chi connectivity index (χ4n) is 3.16. The monoisotopic (exact) mass is 334 g/mol. The van der Waals surface area contributed by atoms with Crippen LogP contribution in [0.25, 0.3) is 33.7 Å². The maximum Gasteiger partial charge on any atom is 0.204 e. The molecule has 0 aliphatic carbocycles. The van der Waals surface area contributed by atoms with E-state index in [9.17, 15) is 0 Å². The number of anilines is 1. The molecule has 1 aliphatic rings. The fraction of sp³-hybridized carbons (Fsp3) is 0.176. The van der Waals surface area contributed by atoms with Gasteiger partial charge in [-0.15, -0.1) is 0 Å². The fourth-order valence-corrected chi connectivity index (χ4v) is 3.68. The third-order valence-electron chi connectivity index (χ3n) is 4.24. The third kappa shape index (κ3) is 2.01. The summed E-state index contributed by atoms with van der Waals surface area (Å²) >= 11 is 1.24. The molecule has 0 unspecified atom stereocenters. The molecule has 0 bridgehead atoms. The predicted octanol–water partition coefficient (Wildman–Crippen LogP) is 3.35. The standard InChI is InChI=1S/C17H14N6S/c1-10-3-2-4-13(19-10)15-16(23-8-7-18-17(23)20-15)11-5-6-12-14(9-11)22-24-21-12/h2-6,9H,7-8H2,1H3,(H,18,20). The molecular weight excluding hydrogens is 320 g/mol. The van der Waals surface area contributed by atoms with Crippen LogP contribution in [0.15, 0.2) is 36.4 Å². The van der Waals surface area contributed by atoms with Gasteiger partial charge in [0.1, 0.15) is 16.7 Å². The highest BCUT2D eigenvalue weighted by Gasteiger charge is 2.24. The molecule has 0 radical (unpaired) electrons. The average molecular weight is 334 g/mol. The molecule has 1 N–H and O–H groups in total. The first kappa shape index (κ1) is 13.6. The van der Waals surface area contributed by atoms with Crippen molar-refractivity contribution < 1.29 is 0 Å². The summed E-state index contributed by atoms with van der Waals surface area (Å²) in [6, 6.07) is 12.2. The lowest BCUT2D eigenvalue weighted by Crippen LogP contribution is -1.99. The van der Waals surface area contributed by atoms with Gasteiger partial charge in [-0.1, -0.05) is 12.1 Å². The number of aryl methyl sites for hydroxylation is 1. The van der Waals surface area contributed by atoms with Crippen molar-refractivity contribution in [2.75, 3.05) is 11.9 Å². The number of fused-ring (bicyclic) bond motifs is 2. The lowest BCUT2D eigenvalue weighted by molar-refractivity contribution is 0.817. The molecule has 0 saturated heterocycles. The number of nitrogens with zero attached hydrogens (tertiary/aromatic N) is 5. The zero-order chi connectivity index (χ0) is 16.1. The van der Waals surface area contributed by atoms with E-state index in [2.05, 4.69) is 35.7 Å². The van der Waals surface area contributed by atoms with Gasteiger partial charge in [-0.05, 0) is 31.2 Å². The SMILES string of the molecule is Cc1cccc(-c2nc3n(c2-c2ccc4nsnc4c2)CCN3)n1. The molecule has 0 atom stereocenters. The molecule has 5 rings (SSSR count). The minimum absolute atomic E-state index is 0.894. The first-order valence-electron chi connectivity index (χ1n) is 7.81. The van der Waals surface area contributed by atoms with Crippen molar-refractivity contribution in [2.24, 2.45) is 0 Å². The van der Waals surface area contributed by atoms with Crippen LogP contribution in [-0.2, 0) is 6.54 Å². The number of imidazole rings is 1.